The fraction of sp³-hybridized carbons (Fsp3) is 0.350. The highest BCUT2D eigenvalue weighted by molar-refractivity contribution is 6.32. The highest BCUT2D eigenvalue weighted by Crippen LogP contribution is 2.25. The minimum Gasteiger partial charge on any atom is -0.492 e. The molecule has 5 heteroatoms. The molecule has 2 rings (SSSR count). The summed E-state index contributed by atoms with van der Waals surface area (Å²) in [6.45, 7) is 8.80. The molecule has 0 saturated heterocycles. The number of aryl methyl sites for hydroxylation is 2. The Morgan fingerprint density at radius 3 is 2.52 bits per heavy atom. The van der Waals surface area contributed by atoms with E-state index in [0.717, 1.165) is 5.75 Å². The van der Waals surface area contributed by atoms with Gasteiger partial charge >= 0.3 is 0 Å². The Morgan fingerprint density at radius 1 is 1.12 bits per heavy atom. The Labute approximate surface area is 154 Å². The summed E-state index contributed by atoms with van der Waals surface area (Å²) >= 11 is 6.13. The van der Waals surface area contributed by atoms with E-state index in [2.05, 4.69) is 12.2 Å². The second-order valence-electron chi connectivity index (χ2n) is 6.01. The number of benzene rings is 2. The molecule has 0 aliphatic carbocycles. The first-order valence-corrected chi connectivity index (χ1v) is 8.71. The molecular formula is C20H24ClNO3. The summed E-state index contributed by atoms with van der Waals surface area (Å²) in [6.07, 6.45) is 0. The number of nitrogens with one attached hydrogen (secondary N) is 1. The van der Waals surface area contributed by atoms with Crippen molar-refractivity contribution in [2.24, 2.45) is 0 Å². The second-order valence-corrected chi connectivity index (χ2v) is 6.42. The van der Waals surface area contributed by atoms with Crippen molar-refractivity contribution in [3.05, 3.63) is 58.1 Å². The van der Waals surface area contributed by atoms with Gasteiger partial charge in [0.05, 0.1) is 17.7 Å². The molecule has 0 fully saturated rings. The maximum Gasteiger partial charge on any atom is 0.251 e. The molecule has 0 aliphatic heterocycles. The number of carbonyl (C=O) groups is 1. The van der Waals surface area contributed by atoms with Gasteiger partial charge < -0.3 is 14.8 Å². The van der Waals surface area contributed by atoms with Gasteiger partial charge in [-0.2, -0.15) is 0 Å². The van der Waals surface area contributed by atoms with E-state index in [-0.39, 0.29) is 11.9 Å². The Bertz CT molecular complexity index is 746. The molecule has 25 heavy (non-hydrogen) atoms. The molecule has 1 amide bonds. The number of ether oxygens (including phenoxy) is 2. The Balaban J connectivity index is 1.91. The Hall–Kier alpha value is -2.20. The lowest BCUT2D eigenvalue weighted by molar-refractivity contribution is 0.0926. The molecule has 1 atom stereocenters. The van der Waals surface area contributed by atoms with Crippen LogP contribution in [-0.4, -0.2) is 25.2 Å². The van der Waals surface area contributed by atoms with Gasteiger partial charge in [-0.05, 0) is 69.2 Å². The molecule has 4 nitrogen and oxygen atoms in total. The molecule has 0 saturated carbocycles. The number of hydrogen-bond acceptors (Lipinski definition) is 3. The van der Waals surface area contributed by atoms with Crippen molar-refractivity contribution in [3.63, 3.8) is 0 Å². The van der Waals surface area contributed by atoms with Crippen LogP contribution in [0.15, 0.2) is 36.4 Å². The normalized spacial score (nSPS) is 11.7. The van der Waals surface area contributed by atoms with Crippen molar-refractivity contribution in [2.45, 2.75) is 33.7 Å². The molecule has 0 bridgehead atoms. The maximum atomic E-state index is 12.3. The van der Waals surface area contributed by atoms with Crippen LogP contribution in [0.1, 0.15) is 35.3 Å². The van der Waals surface area contributed by atoms with Gasteiger partial charge in [0, 0.05) is 5.56 Å². The Kier molecular flexibility index (Phi) is 6.71. The zero-order chi connectivity index (χ0) is 18.4. The van der Waals surface area contributed by atoms with Gasteiger partial charge in [-0.25, -0.2) is 0 Å². The van der Waals surface area contributed by atoms with Crippen molar-refractivity contribution < 1.29 is 14.3 Å². The number of rotatable bonds is 7. The summed E-state index contributed by atoms with van der Waals surface area (Å²) in [5.41, 5.74) is 2.89. The van der Waals surface area contributed by atoms with E-state index in [9.17, 15) is 4.79 Å². The first-order valence-electron chi connectivity index (χ1n) is 8.34. The van der Waals surface area contributed by atoms with Crippen molar-refractivity contribution in [1.29, 1.82) is 0 Å². The monoisotopic (exact) mass is 361 g/mol. The lowest BCUT2D eigenvalue weighted by atomic mass is 10.1. The lowest BCUT2D eigenvalue weighted by Gasteiger charge is -2.16. The summed E-state index contributed by atoms with van der Waals surface area (Å²) in [7, 11) is 0. The van der Waals surface area contributed by atoms with Crippen molar-refractivity contribution >= 4 is 17.5 Å². The second kappa shape index (κ2) is 8.77. The van der Waals surface area contributed by atoms with Gasteiger partial charge in [0.15, 0.2) is 0 Å². The fourth-order valence-electron chi connectivity index (χ4n) is 2.29. The smallest absolute Gasteiger partial charge is 0.251 e. The summed E-state index contributed by atoms with van der Waals surface area (Å²) in [4.78, 5) is 12.3. The molecule has 0 aliphatic rings. The highest BCUT2D eigenvalue weighted by Gasteiger charge is 2.13. The molecule has 0 radical (unpaired) electrons. The van der Waals surface area contributed by atoms with E-state index >= 15 is 0 Å². The molecule has 1 N–H and O–H groups in total. The number of carbonyl (C=O) groups excluding carboxylic acids is 1. The standard InChI is InChI=1S/C20H24ClNO3/c1-5-24-19-9-7-16(11-18(19)21)20(23)22-15(4)12-25-17-8-6-13(2)14(3)10-17/h6-11,15H,5,12H2,1-4H3,(H,22,23)/t15-/m0/s1. The van der Waals surface area contributed by atoms with Gasteiger partial charge in [-0.15, -0.1) is 0 Å². The summed E-state index contributed by atoms with van der Waals surface area (Å²) in [5, 5.41) is 3.33. The van der Waals surface area contributed by atoms with Crippen LogP contribution < -0.4 is 14.8 Å². The SMILES string of the molecule is CCOc1ccc(C(=O)N[C@@H](C)COc2ccc(C)c(C)c2)cc1Cl. The molecule has 134 valence electrons. The largest absolute Gasteiger partial charge is 0.492 e. The van der Waals surface area contributed by atoms with E-state index in [1.54, 1.807) is 18.2 Å². The third-order valence-corrected chi connectivity index (χ3v) is 4.15. The van der Waals surface area contributed by atoms with E-state index in [1.807, 2.05) is 39.0 Å². The molecule has 0 unspecified atom stereocenters. The molecule has 0 aromatic heterocycles. The third kappa shape index (κ3) is 5.40. The van der Waals surface area contributed by atoms with Crippen LogP contribution >= 0.6 is 11.6 Å². The van der Waals surface area contributed by atoms with Gasteiger partial charge in [0.25, 0.3) is 5.91 Å². The van der Waals surface area contributed by atoms with Crippen LogP contribution in [0.5, 0.6) is 11.5 Å². The predicted molar refractivity (Wildman–Crippen MR) is 101 cm³/mol. The third-order valence-electron chi connectivity index (χ3n) is 3.85. The van der Waals surface area contributed by atoms with Gasteiger partial charge in [0.2, 0.25) is 0 Å². The first-order chi connectivity index (χ1) is 11.9. The molecule has 0 spiro atoms. The number of halogens is 1. The zero-order valence-corrected chi connectivity index (χ0v) is 15.8. The van der Waals surface area contributed by atoms with E-state index in [4.69, 9.17) is 21.1 Å². The zero-order valence-electron chi connectivity index (χ0n) is 15.1. The molecule has 0 heterocycles. The minimum atomic E-state index is -0.193. The minimum absolute atomic E-state index is 0.139. The molecular weight excluding hydrogens is 338 g/mol. The average Bonchev–Trinajstić information content (AvgIpc) is 2.58. The van der Waals surface area contributed by atoms with Gasteiger partial charge in [-0.1, -0.05) is 17.7 Å². The van der Waals surface area contributed by atoms with Gasteiger partial charge in [-0.3, -0.25) is 4.79 Å². The quantitative estimate of drug-likeness (QED) is 0.786. The fourth-order valence-corrected chi connectivity index (χ4v) is 2.52. The predicted octanol–water partition coefficient (Wildman–Crippen LogP) is 4.55. The van der Waals surface area contributed by atoms with Crippen LogP contribution in [0.3, 0.4) is 0 Å². The first kappa shape index (κ1) is 19.1. The summed E-state index contributed by atoms with van der Waals surface area (Å²) in [5.74, 6) is 1.18. The van der Waals surface area contributed by atoms with Crippen LogP contribution in [0, 0.1) is 13.8 Å². The highest BCUT2D eigenvalue weighted by atomic mass is 35.5. The average molecular weight is 362 g/mol. The topological polar surface area (TPSA) is 47.6 Å². The van der Waals surface area contributed by atoms with E-state index in [0.29, 0.717) is 29.5 Å². The van der Waals surface area contributed by atoms with Crippen LogP contribution in [0.2, 0.25) is 5.02 Å². The van der Waals surface area contributed by atoms with Crippen molar-refractivity contribution in [2.75, 3.05) is 13.2 Å². The van der Waals surface area contributed by atoms with Crippen LogP contribution in [0.25, 0.3) is 0 Å². The summed E-state index contributed by atoms with van der Waals surface area (Å²) < 4.78 is 11.1. The number of amides is 1. The van der Waals surface area contributed by atoms with E-state index < -0.39 is 0 Å². The lowest BCUT2D eigenvalue weighted by Crippen LogP contribution is -2.36. The number of hydrogen-bond donors (Lipinski definition) is 1. The Morgan fingerprint density at radius 2 is 1.88 bits per heavy atom. The van der Waals surface area contributed by atoms with Crippen LogP contribution in [0.4, 0.5) is 0 Å². The summed E-state index contributed by atoms with van der Waals surface area (Å²) in [6, 6.07) is 10.8. The van der Waals surface area contributed by atoms with Crippen molar-refractivity contribution in [3.8, 4) is 11.5 Å². The van der Waals surface area contributed by atoms with Gasteiger partial charge in [0.1, 0.15) is 18.1 Å². The van der Waals surface area contributed by atoms with E-state index in [1.165, 1.54) is 11.1 Å². The van der Waals surface area contributed by atoms with Crippen molar-refractivity contribution in [1.82, 2.24) is 5.32 Å². The maximum absolute atomic E-state index is 12.3. The molecule has 2 aromatic carbocycles. The molecule has 2 aromatic rings. The van der Waals surface area contributed by atoms with Crippen LogP contribution in [-0.2, 0) is 0 Å².